The molecule has 84 valence electrons. The van der Waals surface area contributed by atoms with Gasteiger partial charge in [0.1, 0.15) is 6.61 Å². The average molecular weight is 221 g/mol. The number of nitrogens with zero attached hydrogens (tertiary/aromatic N) is 3. The van der Waals surface area contributed by atoms with Crippen LogP contribution >= 0.6 is 0 Å². The third-order valence-electron chi connectivity index (χ3n) is 1.87. The van der Waals surface area contributed by atoms with Crippen molar-refractivity contribution in [3.8, 4) is 0 Å². The van der Waals surface area contributed by atoms with Crippen LogP contribution in [0.25, 0.3) is 5.65 Å². The maximum atomic E-state index is 10.3. The molecule has 1 amide bonds. The van der Waals surface area contributed by atoms with Crippen LogP contribution < -0.4 is 11.1 Å². The van der Waals surface area contributed by atoms with Gasteiger partial charge in [-0.2, -0.15) is 4.98 Å². The van der Waals surface area contributed by atoms with E-state index < -0.39 is 6.09 Å². The summed E-state index contributed by atoms with van der Waals surface area (Å²) in [7, 11) is 0. The molecule has 0 aliphatic rings. The number of ether oxygens (including phenoxy) is 1. The number of hydrogen-bond acceptors (Lipinski definition) is 5. The first kappa shape index (κ1) is 10.2. The summed E-state index contributed by atoms with van der Waals surface area (Å²) in [6.45, 7) is 0.602. The van der Waals surface area contributed by atoms with Gasteiger partial charge in [-0.05, 0) is 12.1 Å². The van der Waals surface area contributed by atoms with Gasteiger partial charge in [0, 0.05) is 6.20 Å². The lowest BCUT2D eigenvalue weighted by Crippen LogP contribution is -2.18. The fourth-order valence-corrected chi connectivity index (χ4v) is 1.22. The molecular weight excluding hydrogens is 210 g/mol. The molecule has 7 heteroatoms. The number of rotatable bonds is 4. The Morgan fingerprint density at radius 3 is 3.19 bits per heavy atom. The number of amides is 1. The monoisotopic (exact) mass is 221 g/mol. The zero-order valence-corrected chi connectivity index (χ0v) is 8.46. The Bertz CT molecular complexity index is 462. The molecule has 0 saturated carbocycles. The van der Waals surface area contributed by atoms with E-state index in [0.29, 0.717) is 12.5 Å². The summed E-state index contributed by atoms with van der Waals surface area (Å²) in [5.41, 5.74) is 5.56. The summed E-state index contributed by atoms with van der Waals surface area (Å²) in [5, 5.41) is 7.07. The first-order valence-corrected chi connectivity index (χ1v) is 4.73. The summed E-state index contributed by atoms with van der Waals surface area (Å²) in [6.07, 6.45) is 1.01. The van der Waals surface area contributed by atoms with Crippen LogP contribution in [0.3, 0.4) is 0 Å². The minimum atomic E-state index is -0.787. The lowest BCUT2D eigenvalue weighted by Gasteiger charge is -2.00. The number of primary amides is 1. The van der Waals surface area contributed by atoms with Crippen LogP contribution in [0.15, 0.2) is 24.4 Å². The summed E-state index contributed by atoms with van der Waals surface area (Å²) < 4.78 is 6.20. The molecular formula is C9H11N5O2. The van der Waals surface area contributed by atoms with E-state index in [9.17, 15) is 4.79 Å². The fraction of sp³-hybridized carbons (Fsp3) is 0.222. The van der Waals surface area contributed by atoms with Gasteiger partial charge in [0.2, 0.25) is 5.95 Å². The Hall–Kier alpha value is -2.31. The zero-order chi connectivity index (χ0) is 11.4. The second-order valence-corrected chi connectivity index (χ2v) is 3.03. The molecule has 2 aromatic heterocycles. The van der Waals surface area contributed by atoms with Crippen LogP contribution in [-0.2, 0) is 4.74 Å². The number of nitrogens with two attached hydrogens (primary N) is 1. The van der Waals surface area contributed by atoms with Crippen LogP contribution in [0, 0.1) is 0 Å². The van der Waals surface area contributed by atoms with Gasteiger partial charge in [-0.25, -0.2) is 9.31 Å². The second kappa shape index (κ2) is 4.47. The van der Waals surface area contributed by atoms with Gasteiger partial charge in [-0.3, -0.25) is 0 Å². The minimum Gasteiger partial charge on any atom is -0.448 e. The van der Waals surface area contributed by atoms with E-state index in [4.69, 9.17) is 5.73 Å². The van der Waals surface area contributed by atoms with E-state index in [2.05, 4.69) is 20.1 Å². The van der Waals surface area contributed by atoms with Crippen LogP contribution in [0.1, 0.15) is 0 Å². The van der Waals surface area contributed by atoms with Crippen molar-refractivity contribution in [2.75, 3.05) is 18.5 Å². The standard InChI is InChI=1S/C9H11N5O2/c10-8(15)16-6-4-11-9-12-7-3-1-2-5-14(7)13-9/h1-3,5H,4,6H2,(H2,10,15)(H,11,13). The Labute approximate surface area is 91.2 Å². The molecule has 0 atom stereocenters. The number of fused-ring (bicyclic) bond motifs is 1. The van der Waals surface area contributed by atoms with Crippen LogP contribution in [0.5, 0.6) is 0 Å². The highest BCUT2D eigenvalue weighted by atomic mass is 16.5. The van der Waals surface area contributed by atoms with Crippen LogP contribution in [-0.4, -0.2) is 33.8 Å². The predicted molar refractivity (Wildman–Crippen MR) is 57.0 cm³/mol. The van der Waals surface area contributed by atoms with Crippen molar-refractivity contribution in [2.45, 2.75) is 0 Å². The number of nitrogens with one attached hydrogen (secondary N) is 1. The molecule has 0 fully saturated rings. The third kappa shape index (κ3) is 2.38. The van der Waals surface area contributed by atoms with Crippen molar-refractivity contribution < 1.29 is 9.53 Å². The maximum absolute atomic E-state index is 10.3. The van der Waals surface area contributed by atoms with Crippen molar-refractivity contribution in [1.82, 2.24) is 14.6 Å². The number of aromatic nitrogens is 3. The molecule has 2 heterocycles. The number of carbonyl (C=O) groups is 1. The van der Waals surface area contributed by atoms with Crippen molar-refractivity contribution in [1.29, 1.82) is 0 Å². The smallest absolute Gasteiger partial charge is 0.404 e. The topological polar surface area (TPSA) is 94.5 Å². The molecule has 2 rings (SSSR count). The van der Waals surface area contributed by atoms with Crippen molar-refractivity contribution >= 4 is 17.7 Å². The second-order valence-electron chi connectivity index (χ2n) is 3.03. The van der Waals surface area contributed by atoms with Gasteiger partial charge in [-0.1, -0.05) is 6.07 Å². The van der Waals surface area contributed by atoms with E-state index >= 15 is 0 Å². The van der Waals surface area contributed by atoms with Crippen molar-refractivity contribution in [3.63, 3.8) is 0 Å². The fourth-order valence-electron chi connectivity index (χ4n) is 1.22. The molecule has 0 aliphatic heterocycles. The molecule has 0 aliphatic carbocycles. The summed E-state index contributed by atoms with van der Waals surface area (Å²) in [5.74, 6) is 0.485. The third-order valence-corrected chi connectivity index (χ3v) is 1.87. The van der Waals surface area contributed by atoms with Gasteiger partial charge in [0.15, 0.2) is 5.65 Å². The highest BCUT2D eigenvalue weighted by Gasteiger charge is 2.01. The molecule has 2 aromatic rings. The summed E-state index contributed by atoms with van der Waals surface area (Å²) in [6, 6.07) is 5.59. The van der Waals surface area contributed by atoms with Gasteiger partial charge >= 0.3 is 6.09 Å². The van der Waals surface area contributed by atoms with E-state index in [1.54, 1.807) is 10.7 Å². The first-order chi connectivity index (χ1) is 7.75. The van der Waals surface area contributed by atoms with Gasteiger partial charge in [-0.15, -0.1) is 5.10 Å². The molecule has 0 unspecified atom stereocenters. The van der Waals surface area contributed by atoms with Gasteiger partial charge in [0.05, 0.1) is 6.54 Å². The van der Waals surface area contributed by atoms with E-state index in [0.717, 1.165) is 5.65 Å². The quantitative estimate of drug-likeness (QED) is 0.721. The Morgan fingerprint density at radius 2 is 2.44 bits per heavy atom. The molecule has 0 aromatic carbocycles. The predicted octanol–water partition coefficient (Wildman–Crippen LogP) is 0.236. The zero-order valence-electron chi connectivity index (χ0n) is 8.46. The highest BCUT2D eigenvalue weighted by Crippen LogP contribution is 2.03. The normalized spacial score (nSPS) is 10.2. The lowest BCUT2D eigenvalue weighted by atomic mass is 10.5. The lowest BCUT2D eigenvalue weighted by molar-refractivity contribution is 0.161. The summed E-state index contributed by atoms with van der Waals surface area (Å²) >= 11 is 0. The number of hydrogen-bond donors (Lipinski definition) is 2. The number of anilines is 1. The minimum absolute atomic E-state index is 0.185. The van der Waals surface area contributed by atoms with Gasteiger partial charge in [0.25, 0.3) is 0 Å². The Kier molecular flexibility index (Phi) is 2.86. The highest BCUT2D eigenvalue weighted by molar-refractivity contribution is 5.64. The number of carbonyl (C=O) groups excluding carboxylic acids is 1. The molecule has 3 N–H and O–H groups in total. The van der Waals surface area contributed by atoms with E-state index in [1.165, 1.54) is 0 Å². The molecule has 0 radical (unpaired) electrons. The average Bonchev–Trinajstić information content (AvgIpc) is 2.66. The van der Waals surface area contributed by atoms with Crippen LogP contribution in [0.2, 0.25) is 0 Å². The molecule has 0 saturated heterocycles. The van der Waals surface area contributed by atoms with Crippen LogP contribution in [0.4, 0.5) is 10.7 Å². The van der Waals surface area contributed by atoms with Crippen molar-refractivity contribution in [2.24, 2.45) is 5.73 Å². The molecule has 7 nitrogen and oxygen atoms in total. The van der Waals surface area contributed by atoms with E-state index in [1.807, 2.05) is 18.2 Å². The summed E-state index contributed by atoms with van der Waals surface area (Å²) in [4.78, 5) is 14.5. The molecule has 16 heavy (non-hydrogen) atoms. The van der Waals surface area contributed by atoms with Crippen molar-refractivity contribution in [3.05, 3.63) is 24.4 Å². The SMILES string of the molecule is NC(=O)OCCNc1nc2ccccn2n1. The largest absolute Gasteiger partial charge is 0.448 e. The van der Waals surface area contributed by atoms with Gasteiger partial charge < -0.3 is 15.8 Å². The molecule has 0 bridgehead atoms. The van der Waals surface area contributed by atoms with E-state index in [-0.39, 0.29) is 6.61 Å². The molecule has 0 spiro atoms. The number of pyridine rings is 1. The Balaban J connectivity index is 1.92. The maximum Gasteiger partial charge on any atom is 0.404 e. The Morgan fingerprint density at radius 1 is 1.56 bits per heavy atom. The first-order valence-electron chi connectivity index (χ1n) is 4.73.